The number of carboxylic acid groups (broad SMARTS) is 1. The second-order valence-corrected chi connectivity index (χ2v) is 4.61. The molecule has 0 aliphatic rings. The van der Waals surface area contributed by atoms with Gasteiger partial charge < -0.3 is 10.1 Å². The number of hydrogen-bond donors (Lipinski definition) is 2. The van der Waals surface area contributed by atoms with Crippen LogP contribution in [0.5, 0.6) is 0 Å². The smallest absolute Gasteiger partial charge is 0.357 e. The minimum Gasteiger partial charge on any atom is -0.476 e. The number of aromatic carboxylic acids is 1. The number of nitrogens with zero attached hydrogens (tertiary/aromatic N) is 2. The predicted octanol–water partition coefficient (Wildman–Crippen LogP) is 2.58. The molecule has 0 amide bonds. The van der Waals surface area contributed by atoms with E-state index < -0.39 is 5.97 Å². The van der Waals surface area contributed by atoms with Gasteiger partial charge in [0.25, 0.3) is 0 Å². The zero-order valence-electron chi connectivity index (χ0n) is 8.86. The molecule has 0 unspecified atom stereocenters. The number of rotatable bonds is 1. The van der Waals surface area contributed by atoms with Gasteiger partial charge in [-0.3, -0.25) is 4.40 Å². The number of fused-ring (bicyclic) bond motifs is 3. The van der Waals surface area contributed by atoms with Crippen molar-refractivity contribution in [3.63, 3.8) is 0 Å². The third-order valence-corrected chi connectivity index (χ3v) is 3.39. The van der Waals surface area contributed by atoms with Crippen molar-refractivity contribution >= 4 is 38.7 Å². The number of aromatic nitrogens is 3. The van der Waals surface area contributed by atoms with Gasteiger partial charge >= 0.3 is 5.97 Å². The lowest BCUT2D eigenvalue weighted by Crippen LogP contribution is -1.97. The minimum atomic E-state index is -1.05. The maximum absolute atomic E-state index is 11.0. The van der Waals surface area contributed by atoms with Crippen molar-refractivity contribution in [1.29, 1.82) is 0 Å². The average molecular weight is 294 g/mol. The first kappa shape index (κ1) is 10.3. The largest absolute Gasteiger partial charge is 0.476 e. The summed E-state index contributed by atoms with van der Waals surface area (Å²) in [6.45, 7) is 2.00. The Morgan fingerprint density at radius 3 is 3.00 bits per heavy atom. The molecule has 0 saturated heterocycles. The van der Waals surface area contributed by atoms with E-state index in [0.717, 1.165) is 16.6 Å². The molecule has 0 aliphatic carbocycles. The van der Waals surface area contributed by atoms with E-state index in [1.54, 1.807) is 4.40 Å². The van der Waals surface area contributed by atoms with Gasteiger partial charge in [-0.2, -0.15) is 0 Å². The Bertz CT molecular complexity index is 757. The summed E-state index contributed by atoms with van der Waals surface area (Å²) >= 11 is 3.27. The Balaban J connectivity index is 2.46. The summed E-state index contributed by atoms with van der Waals surface area (Å²) in [6.07, 6.45) is 0. The van der Waals surface area contributed by atoms with Gasteiger partial charge in [-0.15, -0.1) is 0 Å². The lowest BCUT2D eigenvalue weighted by atomic mass is 10.2. The van der Waals surface area contributed by atoms with E-state index in [1.807, 2.05) is 25.1 Å². The van der Waals surface area contributed by atoms with Crippen LogP contribution in [0, 0.1) is 6.92 Å². The van der Waals surface area contributed by atoms with E-state index in [9.17, 15) is 4.79 Å². The molecule has 0 aliphatic heterocycles. The number of imidazole rings is 2. The standard InChI is InChI=1S/C11H8BrN3O2/c1-5-2-3-7-6(4-5)13-11-14-8(10(16)17)9(12)15(7)11/h2-4H,1H3,(H,13,14)(H,16,17). The summed E-state index contributed by atoms with van der Waals surface area (Å²) in [5.41, 5.74) is 2.98. The molecule has 0 atom stereocenters. The second-order valence-electron chi connectivity index (χ2n) is 3.86. The van der Waals surface area contributed by atoms with Gasteiger partial charge in [0.2, 0.25) is 5.78 Å². The summed E-state index contributed by atoms with van der Waals surface area (Å²) in [5, 5.41) is 8.98. The van der Waals surface area contributed by atoms with Crippen LogP contribution in [0.1, 0.15) is 16.1 Å². The van der Waals surface area contributed by atoms with Crippen molar-refractivity contribution < 1.29 is 9.90 Å². The summed E-state index contributed by atoms with van der Waals surface area (Å²) in [6, 6.07) is 5.91. The number of carbonyl (C=O) groups is 1. The number of aryl methyl sites for hydroxylation is 1. The van der Waals surface area contributed by atoms with Gasteiger partial charge in [-0.05, 0) is 40.5 Å². The van der Waals surface area contributed by atoms with E-state index in [4.69, 9.17) is 5.11 Å². The van der Waals surface area contributed by atoms with Crippen LogP contribution < -0.4 is 0 Å². The lowest BCUT2D eigenvalue weighted by Gasteiger charge is -1.95. The van der Waals surface area contributed by atoms with E-state index in [2.05, 4.69) is 25.9 Å². The number of halogens is 1. The maximum Gasteiger partial charge on any atom is 0.357 e. The zero-order valence-corrected chi connectivity index (χ0v) is 10.4. The first-order valence-corrected chi connectivity index (χ1v) is 5.77. The Morgan fingerprint density at radius 2 is 2.29 bits per heavy atom. The Morgan fingerprint density at radius 1 is 1.53 bits per heavy atom. The van der Waals surface area contributed by atoms with Crippen LogP contribution in [0.15, 0.2) is 22.8 Å². The third kappa shape index (κ3) is 1.37. The molecule has 0 bridgehead atoms. The Hall–Kier alpha value is -1.82. The third-order valence-electron chi connectivity index (χ3n) is 2.66. The molecule has 2 heterocycles. The van der Waals surface area contributed by atoms with E-state index in [0.29, 0.717) is 10.4 Å². The summed E-state index contributed by atoms with van der Waals surface area (Å²) < 4.78 is 2.20. The van der Waals surface area contributed by atoms with Gasteiger partial charge in [0, 0.05) is 0 Å². The number of benzene rings is 1. The van der Waals surface area contributed by atoms with Crippen molar-refractivity contribution in [1.82, 2.24) is 14.4 Å². The highest BCUT2D eigenvalue weighted by atomic mass is 79.9. The molecule has 0 radical (unpaired) electrons. The number of nitrogens with one attached hydrogen (secondary N) is 1. The monoisotopic (exact) mass is 293 g/mol. The van der Waals surface area contributed by atoms with Crippen molar-refractivity contribution in [3.05, 3.63) is 34.1 Å². The van der Waals surface area contributed by atoms with Crippen molar-refractivity contribution in [2.75, 3.05) is 0 Å². The fourth-order valence-corrected chi connectivity index (χ4v) is 2.52. The van der Waals surface area contributed by atoms with Crippen molar-refractivity contribution in [2.45, 2.75) is 6.92 Å². The predicted molar refractivity (Wildman–Crippen MR) is 66.4 cm³/mol. The number of H-pyrrole nitrogens is 1. The average Bonchev–Trinajstić information content (AvgIpc) is 2.75. The number of aromatic amines is 1. The molecular weight excluding hydrogens is 286 g/mol. The highest BCUT2D eigenvalue weighted by Crippen LogP contribution is 2.25. The normalized spacial score (nSPS) is 11.4. The topological polar surface area (TPSA) is 70.4 Å². The molecule has 17 heavy (non-hydrogen) atoms. The SMILES string of the molecule is Cc1ccc2c(c1)[nH]c1nc(C(=O)O)c(Br)n12. The lowest BCUT2D eigenvalue weighted by molar-refractivity contribution is 0.0690. The van der Waals surface area contributed by atoms with Gasteiger partial charge in [0.15, 0.2) is 5.69 Å². The van der Waals surface area contributed by atoms with E-state index in [-0.39, 0.29) is 5.69 Å². The molecule has 3 aromatic rings. The number of carboxylic acids is 1. The van der Waals surface area contributed by atoms with Crippen LogP contribution in [-0.2, 0) is 0 Å². The Kier molecular flexibility index (Phi) is 2.03. The minimum absolute atomic E-state index is 0.0127. The van der Waals surface area contributed by atoms with E-state index >= 15 is 0 Å². The first-order chi connectivity index (χ1) is 8.08. The zero-order chi connectivity index (χ0) is 12.2. The fourth-order valence-electron chi connectivity index (χ4n) is 1.91. The summed E-state index contributed by atoms with van der Waals surface area (Å²) in [4.78, 5) is 18.1. The van der Waals surface area contributed by atoms with Gasteiger partial charge in [-0.1, -0.05) is 6.07 Å². The molecular formula is C11H8BrN3O2. The molecule has 86 valence electrons. The van der Waals surface area contributed by atoms with Crippen LogP contribution in [0.4, 0.5) is 0 Å². The maximum atomic E-state index is 11.0. The number of hydrogen-bond acceptors (Lipinski definition) is 2. The van der Waals surface area contributed by atoms with Crippen molar-refractivity contribution in [2.24, 2.45) is 0 Å². The molecule has 1 aromatic carbocycles. The van der Waals surface area contributed by atoms with Crippen LogP contribution in [0.3, 0.4) is 0 Å². The van der Waals surface area contributed by atoms with Gasteiger partial charge in [0.1, 0.15) is 4.60 Å². The van der Waals surface area contributed by atoms with Crippen LogP contribution >= 0.6 is 15.9 Å². The van der Waals surface area contributed by atoms with Crippen LogP contribution in [-0.4, -0.2) is 25.4 Å². The molecule has 0 fully saturated rings. The molecule has 3 rings (SSSR count). The van der Waals surface area contributed by atoms with Crippen molar-refractivity contribution in [3.8, 4) is 0 Å². The highest BCUT2D eigenvalue weighted by molar-refractivity contribution is 9.10. The molecule has 0 spiro atoms. The molecule has 2 aromatic heterocycles. The Labute approximate surface area is 104 Å². The molecule has 6 heteroatoms. The summed E-state index contributed by atoms with van der Waals surface area (Å²) in [5.74, 6) is -0.524. The molecule has 0 saturated carbocycles. The van der Waals surface area contributed by atoms with Crippen LogP contribution in [0.25, 0.3) is 16.8 Å². The summed E-state index contributed by atoms with van der Waals surface area (Å²) in [7, 11) is 0. The quantitative estimate of drug-likeness (QED) is 0.724. The highest BCUT2D eigenvalue weighted by Gasteiger charge is 2.19. The van der Waals surface area contributed by atoms with E-state index in [1.165, 1.54) is 0 Å². The fraction of sp³-hybridized carbons (Fsp3) is 0.0909. The molecule has 2 N–H and O–H groups in total. The molecule has 5 nitrogen and oxygen atoms in total. The first-order valence-electron chi connectivity index (χ1n) is 4.97. The van der Waals surface area contributed by atoms with Gasteiger partial charge in [-0.25, -0.2) is 9.78 Å². The van der Waals surface area contributed by atoms with Crippen LogP contribution in [0.2, 0.25) is 0 Å². The van der Waals surface area contributed by atoms with Gasteiger partial charge in [0.05, 0.1) is 11.0 Å². The second kappa shape index (κ2) is 3.33.